The lowest BCUT2D eigenvalue weighted by Gasteiger charge is -2.27. The minimum Gasteiger partial charge on any atom is -0.378 e. The Bertz CT molecular complexity index is 185. The molecule has 2 nitrogen and oxygen atoms in total. The van der Waals surface area contributed by atoms with Crippen LogP contribution >= 0.6 is 0 Å². The van der Waals surface area contributed by atoms with Crippen LogP contribution in [0, 0.1) is 5.92 Å². The normalized spacial score (nSPS) is 27.9. The van der Waals surface area contributed by atoms with Crippen LogP contribution in [-0.2, 0) is 4.74 Å². The largest absolute Gasteiger partial charge is 0.378 e. The maximum absolute atomic E-state index is 5.85. The smallest absolute Gasteiger partial charge is 0.0590 e. The van der Waals surface area contributed by atoms with E-state index in [0.29, 0.717) is 6.10 Å². The molecule has 2 rings (SSSR count). The van der Waals surface area contributed by atoms with Crippen molar-refractivity contribution in [3.63, 3.8) is 0 Å². The zero-order chi connectivity index (χ0) is 11.2. The van der Waals surface area contributed by atoms with Gasteiger partial charge in [-0.05, 0) is 51.0 Å². The van der Waals surface area contributed by atoms with E-state index in [1.165, 1.54) is 57.9 Å². The van der Waals surface area contributed by atoms with Crippen molar-refractivity contribution in [2.24, 2.45) is 5.92 Å². The van der Waals surface area contributed by atoms with E-state index >= 15 is 0 Å². The molecule has 0 radical (unpaired) electrons. The molecule has 2 unspecified atom stereocenters. The van der Waals surface area contributed by atoms with Crippen molar-refractivity contribution in [1.29, 1.82) is 0 Å². The van der Waals surface area contributed by atoms with Crippen LogP contribution in [0.3, 0.4) is 0 Å². The van der Waals surface area contributed by atoms with E-state index in [9.17, 15) is 0 Å². The van der Waals surface area contributed by atoms with E-state index in [1.807, 2.05) is 0 Å². The van der Waals surface area contributed by atoms with Crippen LogP contribution in [0.1, 0.15) is 58.3 Å². The molecule has 2 fully saturated rings. The van der Waals surface area contributed by atoms with E-state index in [4.69, 9.17) is 4.74 Å². The Morgan fingerprint density at radius 1 is 1.19 bits per heavy atom. The predicted molar refractivity (Wildman–Crippen MR) is 67.6 cm³/mol. The van der Waals surface area contributed by atoms with Crippen molar-refractivity contribution in [2.45, 2.75) is 70.4 Å². The highest BCUT2D eigenvalue weighted by atomic mass is 16.5. The summed E-state index contributed by atoms with van der Waals surface area (Å²) in [6.07, 6.45) is 11.3. The van der Waals surface area contributed by atoms with Gasteiger partial charge >= 0.3 is 0 Å². The average molecular weight is 225 g/mol. The van der Waals surface area contributed by atoms with Gasteiger partial charge in [0.1, 0.15) is 0 Å². The quantitative estimate of drug-likeness (QED) is 0.719. The van der Waals surface area contributed by atoms with Crippen molar-refractivity contribution in [2.75, 3.05) is 13.2 Å². The number of nitrogens with one attached hydrogen (secondary N) is 1. The summed E-state index contributed by atoms with van der Waals surface area (Å²) < 4.78 is 5.85. The number of hydrogen-bond acceptors (Lipinski definition) is 2. The lowest BCUT2D eigenvalue weighted by molar-refractivity contribution is 0.00440. The Morgan fingerprint density at radius 3 is 2.69 bits per heavy atom. The zero-order valence-corrected chi connectivity index (χ0v) is 10.7. The molecule has 2 aliphatic rings. The molecule has 0 amide bonds. The Morgan fingerprint density at radius 2 is 2.06 bits per heavy atom. The predicted octanol–water partition coefficient (Wildman–Crippen LogP) is 3.11. The molecule has 0 aromatic rings. The second-order valence-corrected chi connectivity index (χ2v) is 5.55. The summed E-state index contributed by atoms with van der Waals surface area (Å²) in [5.41, 5.74) is 0. The topological polar surface area (TPSA) is 21.3 Å². The first kappa shape index (κ1) is 12.4. The van der Waals surface area contributed by atoms with Gasteiger partial charge in [-0.3, -0.25) is 0 Å². The van der Waals surface area contributed by atoms with Crippen LogP contribution in [0.25, 0.3) is 0 Å². The molecule has 1 N–H and O–H groups in total. The molecule has 2 atom stereocenters. The Kier molecular flexibility index (Phi) is 5.11. The van der Waals surface area contributed by atoms with Gasteiger partial charge in [0.15, 0.2) is 0 Å². The van der Waals surface area contributed by atoms with Gasteiger partial charge in [-0.25, -0.2) is 0 Å². The third-order valence-electron chi connectivity index (χ3n) is 3.82. The van der Waals surface area contributed by atoms with Crippen molar-refractivity contribution in [1.82, 2.24) is 5.32 Å². The molecule has 0 aromatic heterocycles. The second kappa shape index (κ2) is 6.61. The summed E-state index contributed by atoms with van der Waals surface area (Å²) >= 11 is 0. The number of ether oxygens (including phenoxy) is 1. The van der Waals surface area contributed by atoms with Crippen LogP contribution in [0.2, 0.25) is 0 Å². The van der Waals surface area contributed by atoms with E-state index in [0.717, 1.165) is 18.6 Å². The minimum atomic E-state index is 0.543. The summed E-state index contributed by atoms with van der Waals surface area (Å²) in [6.45, 7) is 4.41. The molecule has 0 spiro atoms. The molecule has 1 heterocycles. The molecule has 0 aromatic carbocycles. The van der Waals surface area contributed by atoms with Gasteiger partial charge in [0.05, 0.1) is 6.10 Å². The van der Waals surface area contributed by atoms with Gasteiger partial charge in [-0.15, -0.1) is 0 Å². The second-order valence-electron chi connectivity index (χ2n) is 5.55. The van der Waals surface area contributed by atoms with Crippen LogP contribution < -0.4 is 5.32 Å². The molecular formula is C14H27NO. The molecule has 2 heteroatoms. The highest BCUT2D eigenvalue weighted by Crippen LogP contribution is 2.34. The SMILES string of the molecule is CCCNC(CC1CC1)CC1CCCCO1. The Balaban J connectivity index is 1.70. The summed E-state index contributed by atoms with van der Waals surface area (Å²) in [5, 5.41) is 3.71. The van der Waals surface area contributed by atoms with E-state index in [2.05, 4.69) is 12.2 Å². The lowest BCUT2D eigenvalue weighted by atomic mass is 9.98. The Labute approximate surface area is 100 Å². The fraction of sp³-hybridized carbons (Fsp3) is 1.00. The van der Waals surface area contributed by atoms with Crippen LogP contribution in [0.5, 0.6) is 0 Å². The van der Waals surface area contributed by atoms with Gasteiger partial charge < -0.3 is 10.1 Å². The maximum Gasteiger partial charge on any atom is 0.0590 e. The van der Waals surface area contributed by atoms with Crippen LogP contribution in [-0.4, -0.2) is 25.3 Å². The number of hydrogen-bond donors (Lipinski definition) is 1. The average Bonchev–Trinajstić information content (AvgIpc) is 3.11. The third-order valence-corrected chi connectivity index (χ3v) is 3.82. The van der Waals surface area contributed by atoms with Crippen LogP contribution in [0.4, 0.5) is 0 Å². The first-order chi connectivity index (χ1) is 7.88. The third kappa shape index (κ3) is 4.42. The van der Waals surface area contributed by atoms with Gasteiger partial charge in [0.2, 0.25) is 0 Å². The molecule has 1 aliphatic heterocycles. The minimum absolute atomic E-state index is 0.543. The van der Waals surface area contributed by atoms with E-state index in [1.54, 1.807) is 0 Å². The van der Waals surface area contributed by atoms with E-state index in [-0.39, 0.29) is 0 Å². The molecular weight excluding hydrogens is 198 g/mol. The molecule has 94 valence electrons. The summed E-state index contributed by atoms with van der Waals surface area (Å²) in [5.74, 6) is 1.03. The number of rotatable bonds is 7. The molecule has 1 saturated heterocycles. The molecule has 1 saturated carbocycles. The maximum atomic E-state index is 5.85. The van der Waals surface area contributed by atoms with Crippen molar-refractivity contribution >= 4 is 0 Å². The molecule has 0 bridgehead atoms. The first-order valence-corrected chi connectivity index (χ1v) is 7.23. The molecule has 1 aliphatic carbocycles. The molecule has 16 heavy (non-hydrogen) atoms. The highest BCUT2D eigenvalue weighted by molar-refractivity contribution is 4.82. The van der Waals surface area contributed by atoms with Gasteiger partial charge in [0, 0.05) is 12.6 Å². The fourth-order valence-electron chi connectivity index (χ4n) is 2.68. The van der Waals surface area contributed by atoms with Gasteiger partial charge in [-0.2, -0.15) is 0 Å². The lowest BCUT2D eigenvalue weighted by Crippen LogP contribution is -2.35. The Hall–Kier alpha value is -0.0800. The van der Waals surface area contributed by atoms with Crippen molar-refractivity contribution in [3.8, 4) is 0 Å². The summed E-state index contributed by atoms with van der Waals surface area (Å²) in [7, 11) is 0. The van der Waals surface area contributed by atoms with Crippen LogP contribution in [0.15, 0.2) is 0 Å². The van der Waals surface area contributed by atoms with Crippen molar-refractivity contribution in [3.05, 3.63) is 0 Å². The highest BCUT2D eigenvalue weighted by Gasteiger charge is 2.27. The first-order valence-electron chi connectivity index (χ1n) is 7.23. The van der Waals surface area contributed by atoms with E-state index < -0.39 is 0 Å². The monoisotopic (exact) mass is 225 g/mol. The summed E-state index contributed by atoms with van der Waals surface area (Å²) in [4.78, 5) is 0. The summed E-state index contributed by atoms with van der Waals surface area (Å²) in [6, 6.07) is 0.718. The zero-order valence-electron chi connectivity index (χ0n) is 10.7. The van der Waals surface area contributed by atoms with Crippen molar-refractivity contribution < 1.29 is 4.74 Å². The van der Waals surface area contributed by atoms with Gasteiger partial charge in [0.25, 0.3) is 0 Å². The standard InChI is InChI=1S/C14H27NO/c1-2-8-15-13(10-12-6-7-12)11-14-5-3-4-9-16-14/h12-15H,2-11H2,1H3. The van der Waals surface area contributed by atoms with Gasteiger partial charge in [-0.1, -0.05) is 19.8 Å². The fourth-order valence-corrected chi connectivity index (χ4v) is 2.68.